The van der Waals surface area contributed by atoms with Crippen molar-refractivity contribution in [2.45, 2.75) is 19.3 Å². The Morgan fingerprint density at radius 1 is 1.38 bits per heavy atom. The molecule has 1 aromatic rings. The number of aliphatic hydroxyl groups excluding tert-OH is 1. The number of rotatable bonds is 3. The van der Waals surface area contributed by atoms with Gasteiger partial charge in [0.2, 0.25) is 0 Å². The molecular weight excluding hydrogens is 247 g/mol. The molecule has 1 saturated carbocycles. The highest BCUT2D eigenvalue weighted by atomic mass is 35.5. The molecule has 1 N–H and O–H groups in total. The van der Waals surface area contributed by atoms with Gasteiger partial charge in [0.25, 0.3) is 0 Å². The average molecular weight is 259 g/mol. The molecule has 0 radical (unpaired) electrons. The third-order valence-electron chi connectivity index (χ3n) is 3.27. The van der Waals surface area contributed by atoms with Gasteiger partial charge in [-0.3, -0.25) is 4.79 Å². The van der Waals surface area contributed by atoms with Crippen LogP contribution in [0.15, 0.2) is 18.2 Å². The standard InChI is InChI=1S/C12H12Cl2O2/c13-8-2-3-9(10(14)6-8)11(16)12(7-15)4-1-5-12/h2-3,6,15H,1,4-5,7H2. The van der Waals surface area contributed by atoms with Crippen molar-refractivity contribution >= 4 is 29.0 Å². The molecule has 0 heterocycles. The van der Waals surface area contributed by atoms with Crippen LogP contribution in [0, 0.1) is 5.41 Å². The van der Waals surface area contributed by atoms with Crippen molar-refractivity contribution in [2.75, 3.05) is 6.61 Å². The molecule has 4 heteroatoms. The summed E-state index contributed by atoms with van der Waals surface area (Å²) in [7, 11) is 0. The number of ketones is 1. The van der Waals surface area contributed by atoms with Crippen LogP contribution in [-0.2, 0) is 0 Å². The van der Waals surface area contributed by atoms with Gasteiger partial charge in [0, 0.05) is 10.6 Å². The van der Waals surface area contributed by atoms with E-state index in [-0.39, 0.29) is 12.4 Å². The molecule has 1 aliphatic carbocycles. The molecule has 16 heavy (non-hydrogen) atoms. The second-order valence-corrected chi connectivity index (χ2v) is 5.09. The second kappa shape index (κ2) is 4.36. The van der Waals surface area contributed by atoms with Crippen molar-refractivity contribution in [3.05, 3.63) is 33.8 Å². The van der Waals surface area contributed by atoms with Crippen molar-refractivity contribution in [3.8, 4) is 0 Å². The van der Waals surface area contributed by atoms with E-state index in [2.05, 4.69) is 0 Å². The van der Waals surface area contributed by atoms with Crippen LogP contribution >= 0.6 is 23.2 Å². The number of hydrogen-bond acceptors (Lipinski definition) is 2. The molecule has 0 atom stereocenters. The number of carbonyl (C=O) groups excluding carboxylic acids is 1. The van der Waals surface area contributed by atoms with Crippen molar-refractivity contribution in [3.63, 3.8) is 0 Å². The first kappa shape index (κ1) is 11.9. The van der Waals surface area contributed by atoms with Gasteiger partial charge in [0.05, 0.1) is 17.0 Å². The van der Waals surface area contributed by atoms with Crippen molar-refractivity contribution in [1.29, 1.82) is 0 Å². The zero-order valence-electron chi connectivity index (χ0n) is 8.67. The van der Waals surface area contributed by atoms with Crippen molar-refractivity contribution in [2.24, 2.45) is 5.41 Å². The summed E-state index contributed by atoms with van der Waals surface area (Å²) >= 11 is 11.8. The lowest BCUT2D eigenvalue weighted by Gasteiger charge is -2.38. The quantitative estimate of drug-likeness (QED) is 0.845. The van der Waals surface area contributed by atoms with Crippen molar-refractivity contribution < 1.29 is 9.90 Å². The molecule has 0 aromatic heterocycles. The number of carbonyl (C=O) groups is 1. The van der Waals surface area contributed by atoms with Crippen LogP contribution in [0.5, 0.6) is 0 Å². The molecule has 1 aliphatic rings. The maximum atomic E-state index is 12.2. The number of Topliss-reactive ketones (excluding diaryl/α,β-unsaturated/α-hetero) is 1. The summed E-state index contributed by atoms with van der Waals surface area (Å²) in [5.41, 5.74) is -0.142. The second-order valence-electron chi connectivity index (χ2n) is 4.25. The van der Waals surface area contributed by atoms with E-state index in [0.717, 1.165) is 19.3 Å². The molecule has 0 bridgehead atoms. The van der Waals surface area contributed by atoms with Crippen LogP contribution < -0.4 is 0 Å². The monoisotopic (exact) mass is 258 g/mol. The van der Waals surface area contributed by atoms with E-state index in [9.17, 15) is 9.90 Å². The molecule has 86 valence electrons. The Balaban J connectivity index is 2.33. The molecule has 1 aromatic carbocycles. The highest BCUT2D eigenvalue weighted by Gasteiger charge is 2.44. The van der Waals surface area contributed by atoms with Crippen LogP contribution in [0.3, 0.4) is 0 Å². The third-order valence-corrected chi connectivity index (χ3v) is 3.82. The highest BCUT2D eigenvalue weighted by molar-refractivity contribution is 6.37. The predicted octanol–water partition coefficient (Wildman–Crippen LogP) is 3.34. The number of aliphatic hydroxyl groups is 1. The molecule has 2 nitrogen and oxygen atoms in total. The smallest absolute Gasteiger partial charge is 0.172 e. The van der Waals surface area contributed by atoms with Crippen LogP contribution in [0.4, 0.5) is 0 Å². The Morgan fingerprint density at radius 3 is 2.50 bits per heavy atom. The van der Waals surface area contributed by atoms with E-state index in [4.69, 9.17) is 23.2 Å². The normalized spacial score (nSPS) is 17.9. The summed E-state index contributed by atoms with van der Waals surface area (Å²) in [6, 6.07) is 4.83. The van der Waals surface area contributed by atoms with E-state index >= 15 is 0 Å². The van der Waals surface area contributed by atoms with Crippen molar-refractivity contribution in [1.82, 2.24) is 0 Å². The Labute approximate surface area is 104 Å². The van der Waals surface area contributed by atoms with E-state index in [1.54, 1.807) is 18.2 Å². The summed E-state index contributed by atoms with van der Waals surface area (Å²) in [5, 5.41) is 10.2. The van der Waals surface area contributed by atoms with Gasteiger partial charge < -0.3 is 5.11 Å². The molecule has 0 unspecified atom stereocenters. The van der Waals surface area contributed by atoms with Crippen LogP contribution in [0.1, 0.15) is 29.6 Å². The molecule has 0 saturated heterocycles. The van der Waals surface area contributed by atoms with Gasteiger partial charge in [0.15, 0.2) is 5.78 Å². The maximum absolute atomic E-state index is 12.2. The predicted molar refractivity (Wildman–Crippen MR) is 64.2 cm³/mol. The van der Waals surface area contributed by atoms with Gasteiger partial charge in [-0.15, -0.1) is 0 Å². The topological polar surface area (TPSA) is 37.3 Å². The Morgan fingerprint density at radius 2 is 2.06 bits per heavy atom. The summed E-state index contributed by atoms with van der Waals surface area (Å²) in [6.07, 6.45) is 2.46. The average Bonchev–Trinajstić information content (AvgIpc) is 2.16. The summed E-state index contributed by atoms with van der Waals surface area (Å²) in [5.74, 6) is -0.0667. The maximum Gasteiger partial charge on any atom is 0.172 e. The van der Waals surface area contributed by atoms with E-state index in [0.29, 0.717) is 15.6 Å². The highest BCUT2D eigenvalue weighted by Crippen LogP contribution is 2.44. The Hall–Kier alpha value is -0.570. The zero-order valence-corrected chi connectivity index (χ0v) is 10.2. The first-order valence-corrected chi connectivity index (χ1v) is 5.95. The molecule has 2 rings (SSSR count). The van der Waals surface area contributed by atoms with E-state index in [1.807, 2.05) is 0 Å². The minimum absolute atomic E-state index is 0.0667. The fourth-order valence-corrected chi connectivity index (χ4v) is 2.51. The zero-order chi connectivity index (χ0) is 11.8. The lowest BCUT2D eigenvalue weighted by Crippen LogP contribution is -2.41. The lowest BCUT2D eigenvalue weighted by molar-refractivity contribution is 0.0348. The van der Waals surface area contributed by atoms with Crippen LogP contribution in [0.2, 0.25) is 10.0 Å². The minimum Gasteiger partial charge on any atom is -0.395 e. The minimum atomic E-state index is -0.600. The van der Waals surface area contributed by atoms with Gasteiger partial charge in [-0.25, -0.2) is 0 Å². The fourth-order valence-electron chi connectivity index (χ4n) is 2.02. The molecule has 0 aliphatic heterocycles. The molecule has 0 amide bonds. The molecule has 0 spiro atoms. The van der Waals surface area contributed by atoms with E-state index in [1.165, 1.54) is 0 Å². The van der Waals surface area contributed by atoms with Crippen LogP contribution in [0.25, 0.3) is 0 Å². The summed E-state index contributed by atoms with van der Waals surface area (Å²) < 4.78 is 0. The SMILES string of the molecule is O=C(c1ccc(Cl)cc1Cl)C1(CO)CCC1. The first-order valence-electron chi connectivity index (χ1n) is 5.20. The van der Waals surface area contributed by atoms with Gasteiger partial charge in [-0.05, 0) is 31.0 Å². The Kier molecular flexibility index (Phi) is 3.24. The summed E-state index contributed by atoms with van der Waals surface area (Å²) in [6.45, 7) is -0.106. The first-order chi connectivity index (χ1) is 7.59. The molecule has 1 fully saturated rings. The number of halogens is 2. The summed E-state index contributed by atoms with van der Waals surface area (Å²) in [4.78, 5) is 12.2. The Bertz CT molecular complexity index is 420. The van der Waals surface area contributed by atoms with Gasteiger partial charge in [-0.2, -0.15) is 0 Å². The fraction of sp³-hybridized carbons (Fsp3) is 0.417. The third kappa shape index (κ3) is 1.86. The van der Waals surface area contributed by atoms with Gasteiger partial charge in [-0.1, -0.05) is 29.6 Å². The number of hydrogen-bond donors (Lipinski definition) is 1. The largest absolute Gasteiger partial charge is 0.395 e. The lowest BCUT2D eigenvalue weighted by atomic mass is 9.65. The molecular formula is C12H12Cl2O2. The van der Waals surface area contributed by atoms with Crippen LogP contribution in [-0.4, -0.2) is 17.5 Å². The van der Waals surface area contributed by atoms with E-state index < -0.39 is 5.41 Å². The number of benzene rings is 1. The van der Waals surface area contributed by atoms with Gasteiger partial charge in [0.1, 0.15) is 0 Å². The van der Waals surface area contributed by atoms with Gasteiger partial charge >= 0.3 is 0 Å².